The molecule has 0 spiro atoms. The van der Waals surface area contributed by atoms with Gasteiger partial charge in [0.2, 0.25) is 0 Å². The van der Waals surface area contributed by atoms with Gasteiger partial charge in [-0.2, -0.15) is 0 Å². The van der Waals surface area contributed by atoms with E-state index in [1.165, 1.54) is 16.1 Å². The zero-order valence-corrected chi connectivity index (χ0v) is 15.9. The van der Waals surface area contributed by atoms with Gasteiger partial charge in [-0.05, 0) is 24.8 Å². The second-order valence-electron chi connectivity index (χ2n) is 6.03. The number of nitrogens with one attached hydrogen (secondary N) is 2. The zero-order valence-electron chi connectivity index (χ0n) is 15.1. The quantitative estimate of drug-likeness (QED) is 0.597. The van der Waals surface area contributed by atoms with Crippen LogP contribution < -0.4 is 10.6 Å². The van der Waals surface area contributed by atoms with Crippen molar-refractivity contribution in [2.45, 2.75) is 39.5 Å². The maximum absolute atomic E-state index is 4.59. The van der Waals surface area contributed by atoms with Crippen molar-refractivity contribution in [3.63, 3.8) is 0 Å². The lowest BCUT2D eigenvalue weighted by Gasteiger charge is -2.16. The first-order valence-electron chi connectivity index (χ1n) is 8.56. The monoisotopic (exact) mass is 344 g/mol. The summed E-state index contributed by atoms with van der Waals surface area (Å²) >= 11 is 1.74. The van der Waals surface area contributed by atoms with E-state index in [-0.39, 0.29) is 0 Å². The summed E-state index contributed by atoms with van der Waals surface area (Å²) < 4.78 is 0. The van der Waals surface area contributed by atoms with Gasteiger partial charge in [-0.1, -0.05) is 43.7 Å². The van der Waals surface area contributed by atoms with Crippen molar-refractivity contribution >= 4 is 17.3 Å². The maximum atomic E-state index is 4.59. The SMILES string of the molecule is CCc1nc(CCNC(=NC)NCC(C)c2ccc(C)cc2)cs1. The average Bonchev–Trinajstić information content (AvgIpc) is 3.06. The number of rotatable bonds is 7. The third-order valence-electron chi connectivity index (χ3n) is 4.02. The van der Waals surface area contributed by atoms with Crippen LogP contribution >= 0.6 is 11.3 Å². The molecule has 0 bridgehead atoms. The summed E-state index contributed by atoms with van der Waals surface area (Å²) in [5.74, 6) is 1.29. The van der Waals surface area contributed by atoms with Crippen LogP contribution in [-0.4, -0.2) is 31.1 Å². The van der Waals surface area contributed by atoms with Crippen LogP contribution in [0.5, 0.6) is 0 Å². The van der Waals surface area contributed by atoms with Crippen molar-refractivity contribution in [2.75, 3.05) is 20.1 Å². The number of benzene rings is 1. The predicted molar refractivity (Wildman–Crippen MR) is 104 cm³/mol. The van der Waals surface area contributed by atoms with E-state index in [2.05, 4.69) is 71.0 Å². The number of hydrogen-bond donors (Lipinski definition) is 2. The molecule has 24 heavy (non-hydrogen) atoms. The topological polar surface area (TPSA) is 49.3 Å². The average molecular weight is 345 g/mol. The lowest BCUT2D eigenvalue weighted by atomic mass is 10.0. The predicted octanol–water partition coefficient (Wildman–Crippen LogP) is 3.53. The number of aromatic nitrogens is 1. The van der Waals surface area contributed by atoms with Crippen LogP contribution in [0.3, 0.4) is 0 Å². The number of thiazole rings is 1. The first-order valence-corrected chi connectivity index (χ1v) is 9.44. The highest BCUT2D eigenvalue weighted by molar-refractivity contribution is 7.09. The van der Waals surface area contributed by atoms with E-state index >= 15 is 0 Å². The molecule has 2 N–H and O–H groups in total. The summed E-state index contributed by atoms with van der Waals surface area (Å²) in [6.07, 6.45) is 1.93. The Morgan fingerprint density at radius 1 is 1.25 bits per heavy atom. The van der Waals surface area contributed by atoms with Crippen LogP contribution in [0.1, 0.15) is 41.6 Å². The van der Waals surface area contributed by atoms with Crippen molar-refractivity contribution in [3.05, 3.63) is 51.5 Å². The Bertz CT molecular complexity index is 646. The molecule has 5 heteroatoms. The first-order chi connectivity index (χ1) is 11.6. The fourth-order valence-electron chi connectivity index (χ4n) is 2.42. The molecule has 2 rings (SSSR count). The lowest BCUT2D eigenvalue weighted by molar-refractivity contribution is 0.696. The van der Waals surface area contributed by atoms with E-state index in [1.807, 2.05) is 7.05 Å². The molecule has 0 saturated heterocycles. The summed E-state index contributed by atoms with van der Waals surface area (Å²) in [5.41, 5.74) is 3.80. The molecule has 0 radical (unpaired) electrons. The normalized spacial score (nSPS) is 12.9. The molecule has 4 nitrogen and oxygen atoms in total. The molecular formula is C19H28N4S. The molecule has 0 amide bonds. The van der Waals surface area contributed by atoms with Crippen molar-refractivity contribution in [1.82, 2.24) is 15.6 Å². The van der Waals surface area contributed by atoms with E-state index in [1.54, 1.807) is 11.3 Å². The summed E-state index contributed by atoms with van der Waals surface area (Å²) in [7, 11) is 1.81. The van der Waals surface area contributed by atoms with E-state index in [0.29, 0.717) is 5.92 Å². The largest absolute Gasteiger partial charge is 0.356 e. The maximum Gasteiger partial charge on any atom is 0.191 e. The van der Waals surface area contributed by atoms with Gasteiger partial charge in [-0.25, -0.2) is 4.98 Å². The molecule has 1 atom stereocenters. The third-order valence-corrected chi connectivity index (χ3v) is 5.06. The summed E-state index contributed by atoms with van der Waals surface area (Å²) in [4.78, 5) is 8.89. The van der Waals surface area contributed by atoms with Crippen LogP contribution in [0, 0.1) is 6.92 Å². The van der Waals surface area contributed by atoms with Crippen molar-refractivity contribution < 1.29 is 0 Å². The van der Waals surface area contributed by atoms with Gasteiger partial charge in [0.05, 0.1) is 10.7 Å². The van der Waals surface area contributed by atoms with Crippen molar-refractivity contribution in [1.29, 1.82) is 0 Å². The van der Waals surface area contributed by atoms with Gasteiger partial charge in [-0.15, -0.1) is 11.3 Å². The smallest absolute Gasteiger partial charge is 0.191 e. The van der Waals surface area contributed by atoms with Crippen molar-refractivity contribution in [2.24, 2.45) is 4.99 Å². The molecule has 1 heterocycles. The Labute approximate surface area is 149 Å². The highest BCUT2D eigenvalue weighted by Crippen LogP contribution is 2.14. The minimum Gasteiger partial charge on any atom is -0.356 e. The molecule has 0 aliphatic carbocycles. The van der Waals surface area contributed by atoms with Gasteiger partial charge >= 0.3 is 0 Å². The van der Waals surface area contributed by atoms with Crippen LogP contribution in [0.25, 0.3) is 0 Å². The molecule has 1 aromatic carbocycles. The number of guanidine groups is 1. The van der Waals surface area contributed by atoms with Crippen LogP contribution in [0.4, 0.5) is 0 Å². The Morgan fingerprint density at radius 3 is 2.62 bits per heavy atom. The molecule has 0 saturated carbocycles. The highest BCUT2D eigenvalue weighted by Gasteiger charge is 2.07. The minimum atomic E-state index is 0.440. The lowest BCUT2D eigenvalue weighted by Crippen LogP contribution is -2.39. The number of aliphatic imine (C=N–C) groups is 1. The highest BCUT2D eigenvalue weighted by atomic mass is 32.1. The Balaban J connectivity index is 1.74. The van der Waals surface area contributed by atoms with Crippen LogP contribution in [0.2, 0.25) is 0 Å². The van der Waals surface area contributed by atoms with Gasteiger partial charge in [0, 0.05) is 31.9 Å². The molecule has 1 aromatic heterocycles. The Hall–Kier alpha value is -1.88. The van der Waals surface area contributed by atoms with Gasteiger partial charge in [-0.3, -0.25) is 4.99 Å². The first kappa shape index (κ1) is 18.5. The standard InChI is InChI=1S/C19H28N4S/c1-5-18-23-17(13-24-18)10-11-21-19(20-4)22-12-15(3)16-8-6-14(2)7-9-16/h6-9,13,15H,5,10-12H2,1-4H3,(H2,20,21,22). The van der Waals surface area contributed by atoms with Gasteiger partial charge in [0.1, 0.15) is 0 Å². The van der Waals surface area contributed by atoms with Crippen LogP contribution in [-0.2, 0) is 12.8 Å². The van der Waals surface area contributed by atoms with E-state index in [0.717, 1.165) is 37.6 Å². The van der Waals surface area contributed by atoms with Gasteiger partial charge in [0.15, 0.2) is 5.96 Å². The van der Waals surface area contributed by atoms with E-state index in [4.69, 9.17) is 0 Å². The summed E-state index contributed by atoms with van der Waals surface area (Å²) in [6.45, 7) is 8.18. The van der Waals surface area contributed by atoms with Gasteiger partial charge in [0.25, 0.3) is 0 Å². The fourth-order valence-corrected chi connectivity index (χ4v) is 3.20. The summed E-state index contributed by atoms with van der Waals surface area (Å²) in [5, 5.41) is 10.1. The Kier molecular flexibility index (Phi) is 7.25. The molecule has 1 unspecified atom stereocenters. The Morgan fingerprint density at radius 2 is 2.00 bits per heavy atom. The van der Waals surface area contributed by atoms with Crippen molar-refractivity contribution in [3.8, 4) is 0 Å². The van der Waals surface area contributed by atoms with E-state index in [9.17, 15) is 0 Å². The molecule has 130 valence electrons. The molecular weight excluding hydrogens is 316 g/mol. The second-order valence-corrected chi connectivity index (χ2v) is 6.97. The minimum absolute atomic E-state index is 0.440. The molecule has 0 fully saturated rings. The summed E-state index contributed by atoms with van der Waals surface area (Å²) in [6, 6.07) is 8.73. The molecule has 0 aliphatic rings. The fraction of sp³-hybridized carbons (Fsp3) is 0.474. The molecule has 0 aliphatic heterocycles. The zero-order chi connectivity index (χ0) is 17.4. The number of hydrogen-bond acceptors (Lipinski definition) is 3. The molecule has 2 aromatic rings. The number of aryl methyl sites for hydroxylation is 2. The van der Waals surface area contributed by atoms with Crippen LogP contribution in [0.15, 0.2) is 34.6 Å². The van der Waals surface area contributed by atoms with Gasteiger partial charge < -0.3 is 10.6 Å². The second kappa shape index (κ2) is 9.42. The number of nitrogens with zero attached hydrogens (tertiary/aromatic N) is 2. The van der Waals surface area contributed by atoms with E-state index < -0.39 is 0 Å². The third kappa shape index (κ3) is 5.64.